The van der Waals surface area contributed by atoms with Crippen LogP contribution in [0.1, 0.15) is 44.2 Å². The second kappa shape index (κ2) is 6.17. The van der Waals surface area contributed by atoms with E-state index in [-0.39, 0.29) is 5.54 Å². The molecule has 0 amide bonds. The molecule has 0 aromatic heterocycles. The summed E-state index contributed by atoms with van der Waals surface area (Å²) in [5, 5.41) is 9.10. The Labute approximate surface area is 126 Å². The molecular formula is C17H22N2O2. The number of methoxy groups -OCH3 is 2. The van der Waals surface area contributed by atoms with Gasteiger partial charge in [0, 0.05) is 5.56 Å². The number of nitriles is 1. The predicted octanol–water partition coefficient (Wildman–Crippen LogP) is 3.52. The zero-order valence-corrected chi connectivity index (χ0v) is 13.2. The van der Waals surface area contributed by atoms with Crippen molar-refractivity contribution in [3.05, 3.63) is 23.3 Å². The van der Waals surface area contributed by atoms with Crippen molar-refractivity contribution in [1.29, 1.82) is 5.26 Å². The number of benzene rings is 1. The Bertz CT molecular complexity index is 596. The van der Waals surface area contributed by atoms with Crippen molar-refractivity contribution in [2.75, 3.05) is 14.2 Å². The Hall–Kier alpha value is -2.02. The van der Waals surface area contributed by atoms with Crippen LogP contribution in [-0.4, -0.2) is 25.5 Å². The molecular weight excluding hydrogens is 264 g/mol. The molecule has 112 valence electrons. The van der Waals surface area contributed by atoms with Crippen LogP contribution in [-0.2, 0) is 6.42 Å². The largest absolute Gasteiger partial charge is 0.493 e. The molecule has 21 heavy (non-hydrogen) atoms. The molecule has 0 saturated heterocycles. The summed E-state index contributed by atoms with van der Waals surface area (Å²) in [5.41, 5.74) is 2.98. The number of ether oxygens (including phenoxy) is 2. The van der Waals surface area contributed by atoms with Crippen LogP contribution < -0.4 is 9.47 Å². The molecule has 0 bridgehead atoms. The van der Waals surface area contributed by atoms with Gasteiger partial charge < -0.3 is 9.47 Å². The first-order valence-corrected chi connectivity index (χ1v) is 7.34. The number of fused-ring (bicyclic) bond motifs is 1. The Kier molecular flexibility index (Phi) is 4.52. The number of hydrogen-bond acceptors (Lipinski definition) is 4. The van der Waals surface area contributed by atoms with E-state index < -0.39 is 0 Å². The number of hydrogen-bond donors (Lipinski definition) is 0. The summed E-state index contributed by atoms with van der Waals surface area (Å²) < 4.78 is 10.8. The molecule has 1 aromatic rings. The van der Waals surface area contributed by atoms with Gasteiger partial charge in [-0.2, -0.15) is 5.26 Å². The first-order valence-electron chi connectivity index (χ1n) is 7.34. The molecule has 0 N–H and O–H groups in total. The molecule has 0 aliphatic carbocycles. The average molecular weight is 286 g/mol. The fourth-order valence-electron chi connectivity index (χ4n) is 2.94. The lowest BCUT2D eigenvalue weighted by molar-refractivity contribution is 0.351. The predicted molar refractivity (Wildman–Crippen MR) is 83.3 cm³/mol. The molecule has 0 fully saturated rings. The minimum Gasteiger partial charge on any atom is -0.493 e. The van der Waals surface area contributed by atoms with E-state index in [1.54, 1.807) is 14.2 Å². The maximum Gasteiger partial charge on any atom is 0.161 e. The summed E-state index contributed by atoms with van der Waals surface area (Å²) >= 11 is 0. The molecule has 0 unspecified atom stereocenters. The van der Waals surface area contributed by atoms with Gasteiger partial charge in [0.05, 0.1) is 38.0 Å². The summed E-state index contributed by atoms with van der Waals surface area (Å²) in [6, 6.07) is 6.20. The Morgan fingerprint density at radius 2 is 1.81 bits per heavy atom. The highest BCUT2D eigenvalue weighted by atomic mass is 16.5. The van der Waals surface area contributed by atoms with Gasteiger partial charge in [-0.15, -0.1) is 0 Å². The van der Waals surface area contributed by atoms with E-state index in [9.17, 15) is 0 Å². The monoisotopic (exact) mass is 286 g/mol. The van der Waals surface area contributed by atoms with Gasteiger partial charge in [0.1, 0.15) is 0 Å². The third-order valence-corrected chi connectivity index (χ3v) is 4.37. The highest BCUT2D eigenvalue weighted by Gasteiger charge is 2.33. The van der Waals surface area contributed by atoms with E-state index in [2.05, 4.69) is 19.9 Å². The zero-order valence-electron chi connectivity index (χ0n) is 13.2. The van der Waals surface area contributed by atoms with Crippen molar-refractivity contribution < 1.29 is 9.47 Å². The van der Waals surface area contributed by atoms with Gasteiger partial charge in [0.25, 0.3) is 0 Å². The summed E-state index contributed by atoms with van der Waals surface area (Å²) in [5.74, 6) is 1.41. The van der Waals surface area contributed by atoms with Crippen LogP contribution in [0.5, 0.6) is 11.5 Å². The van der Waals surface area contributed by atoms with Crippen molar-refractivity contribution in [2.45, 2.75) is 45.1 Å². The lowest BCUT2D eigenvalue weighted by Gasteiger charge is -2.34. The Balaban J connectivity index is 2.60. The zero-order chi connectivity index (χ0) is 15.5. The lowest BCUT2D eigenvalue weighted by atomic mass is 9.80. The Morgan fingerprint density at radius 1 is 1.19 bits per heavy atom. The Morgan fingerprint density at radius 3 is 2.33 bits per heavy atom. The number of rotatable bonds is 5. The fraction of sp³-hybridized carbons (Fsp3) is 0.529. The number of aliphatic imine (C=N–C) groups is 1. The molecule has 4 heteroatoms. The van der Waals surface area contributed by atoms with Crippen LogP contribution in [0.4, 0.5) is 0 Å². The van der Waals surface area contributed by atoms with E-state index in [0.717, 1.165) is 36.3 Å². The second-order valence-corrected chi connectivity index (χ2v) is 5.37. The van der Waals surface area contributed by atoms with Crippen LogP contribution in [0.25, 0.3) is 0 Å². The standard InChI is InChI=1S/C17H22N2O2/c1-5-17(6-2)11-12-9-15(20-3)16(21-4)10-13(12)14(19-17)7-8-18/h9-10H,5-7,11H2,1-4H3. The lowest BCUT2D eigenvalue weighted by Crippen LogP contribution is -2.34. The van der Waals surface area contributed by atoms with E-state index >= 15 is 0 Å². The van der Waals surface area contributed by atoms with Gasteiger partial charge in [0.2, 0.25) is 0 Å². The summed E-state index contributed by atoms with van der Waals surface area (Å²) in [4.78, 5) is 4.91. The van der Waals surface area contributed by atoms with Crippen LogP contribution in [0.3, 0.4) is 0 Å². The van der Waals surface area contributed by atoms with Gasteiger partial charge in [0.15, 0.2) is 11.5 Å². The first kappa shape index (κ1) is 15.4. The summed E-state index contributed by atoms with van der Waals surface area (Å²) in [6.45, 7) is 4.31. The minimum absolute atomic E-state index is 0.0984. The van der Waals surface area contributed by atoms with Crippen LogP contribution in [0.15, 0.2) is 17.1 Å². The van der Waals surface area contributed by atoms with Crippen molar-refractivity contribution in [2.24, 2.45) is 4.99 Å². The average Bonchev–Trinajstić information content (AvgIpc) is 2.53. The maximum absolute atomic E-state index is 9.10. The van der Waals surface area contributed by atoms with Crippen LogP contribution in [0.2, 0.25) is 0 Å². The van der Waals surface area contributed by atoms with Crippen molar-refractivity contribution in [1.82, 2.24) is 0 Å². The molecule has 1 aromatic carbocycles. The van der Waals surface area contributed by atoms with Gasteiger partial charge >= 0.3 is 0 Å². The van der Waals surface area contributed by atoms with Gasteiger partial charge in [-0.3, -0.25) is 4.99 Å². The van der Waals surface area contributed by atoms with Crippen molar-refractivity contribution >= 4 is 5.71 Å². The molecule has 0 radical (unpaired) electrons. The van der Waals surface area contributed by atoms with Crippen LogP contribution in [0, 0.1) is 11.3 Å². The highest BCUT2D eigenvalue weighted by molar-refractivity contribution is 6.04. The third-order valence-electron chi connectivity index (χ3n) is 4.37. The molecule has 1 aliphatic heterocycles. The highest BCUT2D eigenvalue weighted by Crippen LogP contribution is 2.38. The molecule has 4 nitrogen and oxygen atoms in total. The number of nitrogens with zero attached hydrogens (tertiary/aromatic N) is 2. The fourth-order valence-corrected chi connectivity index (χ4v) is 2.94. The minimum atomic E-state index is -0.0984. The van der Waals surface area contributed by atoms with Gasteiger partial charge in [-0.05, 0) is 37.0 Å². The second-order valence-electron chi connectivity index (χ2n) is 5.37. The van der Waals surface area contributed by atoms with Crippen molar-refractivity contribution in [3.63, 3.8) is 0 Å². The molecule has 0 atom stereocenters. The quantitative estimate of drug-likeness (QED) is 0.832. The van der Waals surface area contributed by atoms with E-state index in [1.165, 1.54) is 5.56 Å². The van der Waals surface area contributed by atoms with Crippen molar-refractivity contribution in [3.8, 4) is 17.6 Å². The van der Waals surface area contributed by atoms with Crippen LogP contribution >= 0.6 is 0 Å². The first-order chi connectivity index (χ1) is 10.1. The molecule has 1 heterocycles. The molecule has 1 aliphatic rings. The topological polar surface area (TPSA) is 54.6 Å². The van der Waals surface area contributed by atoms with E-state index in [1.807, 2.05) is 12.1 Å². The molecule has 0 saturated carbocycles. The third kappa shape index (κ3) is 2.73. The van der Waals surface area contributed by atoms with E-state index in [0.29, 0.717) is 12.2 Å². The molecule has 2 rings (SSSR count). The maximum atomic E-state index is 9.10. The van der Waals surface area contributed by atoms with Gasteiger partial charge in [-0.25, -0.2) is 0 Å². The smallest absolute Gasteiger partial charge is 0.161 e. The summed E-state index contributed by atoms with van der Waals surface area (Å²) in [7, 11) is 3.26. The van der Waals surface area contributed by atoms with Gasteiger partial charge in [-0.1, -0.05) is 13.8 Å². The SMILES string of the molecule is CCC1(CC)Cc2cc(OC)c(OC)cc2C(CC#N)=N1. The normalized spacial score (nSPS) is 15.7. The van der Waals surface area contributed by atoms with E-state index in [4.69, 9.17) is 19.7 Å². The molecule has 0 spiro atoms. The summed E-state index contributed by atoms with van der Waals surface area (Å²) in [6.07, 6.45) is 3.13.